The van der Waals surface area contributed by atoms with E-state index in [0.29, 0.717) is 12.5 Å². The van der Waals surface area contributed by atoms with Gasteiger partial charge in [-0.15, -0.1) is 0 Å². The molecule has 1 saturated heterocycles. The molecule has 0 aromatic carbocycles. The van der Waals surface area contributed by atoms with Crippen molar-refractivity contribution in [1.29, 1.82) is 0 Å². The molecule has 1 fully saturated rings. The first kappa shape index (κ1) is 10.2. The normalized spacial score (nSPS) is 30.6. The first-order valence-electron chi connectivity index (χ1n) is 6.06. The molecule has 0 bridgehead atoms. The van der Waals surface area contributed by atoms with Crippen LogP contribution in [0.15, 0.2) is 0 Å². The summed E-state index contributed by atoms with van der Waals surface area (Å²) < 4.78 is 1.97. The van der Waals surface area contributed by atoms with Crippen molar-refractivity contribution >= 4 is 0 Å². The van der Waals surface area contributed by atoms with Crippen molar-refractivity contribution < 1.29 is 5.11 Å². The standard InChI is InChI=1S/C11H18N4O/c1-14-5-2-3-9(14)11-12-10-7-8(16)4-6-15(10)13-11/h8-9,16H,2-7H2,1H3. The van der Waals surface area contributed by atoms with E-state index in [1.54, 1.807) is 0 Å². The van der Waals surface area contributed by atoms with Gasteiger partial charge in [0.25, 0.3) is 0 Å². The van der Waals surface area contributed by atoms with Crippen LogP contribution in [0.25, 0.3) is 0 Å². The highest BCUT2D eigenvalue weighted by atomic mass is 16.3. The van der Waals surface area contributed by atoms with Gasteiger partial charge in [0, 0.05) is 13.0 Å². The third kappa shape index (κ3) is 1.64. The van der Waals surface area contributed by atoms with Crippen LogP contribution in [0.5, 0.6) is 0 Å². The van der Waals surface area contributed by atoms with Crippen molar-refractivity contribution in [3.8, 4) is 0 Å². The highest BCUT2D eigenvalue weighted by Crippen LogP contribution is 2.28. The molecule has 2 aliphatic heterocycles. The van der Waals surface area contributed by atoms with E-state index in [0.717, 1.165) is 37.6 Å². The SMILES string of the molecule is CN1CCCC1c1nc2n(n1)CCC(O)C2. The number of aliphatic hydroxyl groups excluding tert-OH is 1. The van der Waals surface area contributed by atoms with Crippen LogP contribution < -0.4 is 0 Å². The number of likely N-dealkylation sites (tertiary alicyclic amines) is 1. The Morgan fingerprint density at radius 1 is 1.31 bits per heavy atom. The Balaban J connectivity index is 1.86. The fourth-order valence-corrected chi connectivity index (χ4v) is 2.69. The highest BCUT2D eigenvalue weighted by Gasteiger charge is 2.28. The molecule has 16 heavy (non-hydrogen) atoms. The lowest BCUT2D eigenvalue weighted by molar-refractivity contribution is 0.138. The van der Waals surface area contributed by atoms with Crippen molar-refractivity contribution in [3.63, 3.8) is 0 Å². The van der Waals surface area contributed by atoms with Gasteiger partial charge in [0.1, 0.15) is 5.82 Å². The monoisotopic (exact) mass is 222 g/mol. The first-order valence-corrected chi connectivity index (χ1v) is 6.06. The molecule has 0 amide bonds. The Bertz CT molecular complexity index is 389. The molecule has 0 spiro atoms. The molecule has 5 nitrogen and oxygen atoms in total. The van der Waals surface area contributed by atoms with E-state index in [9.17, 15) is 5.11 Å². The van der Waals surface area contributed by atoms with Gasteiger partial charge in [-0.2, -0.15) is 5.10 Å². The lowest BCUT2D eigenvalue weighted by Gasteiger charge is -2.16. The van der Waals surface area contributed by atoms with E-state index in [2.05, 4.69) is 22.0 Å². The Morgan fingerprint density at radius 3 is 2.94 bits per heavy atom. The number of aromatic nitrogens is 3. The van der Waals surface area contributed by atoms with Crippen LogP contribution in [-0.2, 0) is 13.0 Å². The molecular formula is C11H18N4O. The summed E-state index contributed by atoms with van der Waals surface area (Å²) in [5.74, 6) is 1.90. The molecule has 1 aromatic rings. The number of rotatable bonds is 1. The second-order valence-electron chi connectivity index (χ2n) is 4.89. The Labute approximate surface area is 95.1 Å². The van der Waals surface area contributed by atoms with Crippen LogP contribution in [0, 0.1) is 0 Å². The molecule has 0 saturated carbocycles. The fraction of sp³-hybridized carbons (Fsp3) is 0.818. The van der Waals surface area contributed by atoms with Crippen LogP contribution >= 0.6 is 0 Å². The first-order chi connectivity index (χ1) is 7.74. The van der Waals surface area contributed by atoms with Crippen molar-refractivity contribution in [2.24, 2.45) is 0 Å². The van der Waals surface area contributed by atoms with Gasteiger partial charge in [-0.25, -0.2) is 9.67 Å². The summed E-state index contributed by atoms with van der Waals surface area (Å²) in [5.41, 5.74) is 0. The predicted octanol–water partition coefficient (Wildman–Crippen LogP) is 0.352. The van der Waals surface area contributed by atoms with E-state index in [-0.39, 0.29) is 6.10 Å². The summed E-state index contributed by atoms with van der Waals surface area (Å²) in [7, 11) is 2.13. The molecule has 3 rings (SSSR count). The maximum atomic E-state index is 9.59. The third-order valence-electron chi connectivity index (χ3n) is 3.68. The van der Waals surface area contributed by atoms with Crippen molar-refractivity contribution in [1.82, 2.24) is 19.7 Å². The van der Waals surface area contributed by atoms with E-state index in [1.165, 1.54) is 6.42 Å². The number of fused-ring (bicyclic) bond motifs is 1. The molecule has 2 unspecified atom stereocenters. The fourth-order valence-electron chi connectivity index (χ4n) is 2.69. The number of aliphatic hydroxyl groups is 1. The topological polar surface area (TPSA) is 54.2 Å². The molecule has 5 heteroatoms. The average Bonchev–Trinajstić information content (AvgIpc) is 2.82. The number of aryl methyl sites for hydroxylation is 1. The molecule has 2 aliphatic rings. The summed E-state index contributed by atoms with van der Waals surface area (Å²) in [6, 6.07) is 0.384. The van der Waals surface area contributed by atoms with Crippen molar-refractivity contribution in [3.05, 3.63) is 11.6 Å². The lowest BCUT2D eigenvalue weighted by atomic mass is 10.1. The minimum Gasteiger partial charge on any atom is -0.393 e. The number of hydrogen-bond donors (Lipinski definition) is 1. The Kier molecular flexibility index (Phi) is 2.44. The minimum absolute atomic E-state index is 0.231. The summed E-state index contributed by atoms with van der Waals surface area (Å²) in [5, 5.41) is 14.2. The molecule has 1 N–H and O–H groups in total. The lowest BCUT2D eigenvalue weighted by Crippen LogP contribution is -2.23. The third-order valence-corrected chi connectivity index (χ3v) is 3.68. The maximum Gasteiger partial charge on any atom is 0.168 e. The highest BCUT2D eigenvalue weighted by molar-refractivity contribution is 5.03. The van der Waals surface area contributed by atoms with Gasteiger partial charge in [0.2, 0.25) is 0 Å². The number of nitrogens with zero attached hydrogens (tertiary/aromatic N) is 4. The van der Waals surface area contributed by atoms with Gasteiger partial charge in [-0.3, -0.25) is 4.90 Å². The average molecular weight is 222 g/mol. The maximum absolute atomic E-state index is 9.59. The largest absolute Gasteiger partial charge is 0.393 e. The molecule has 1 aromatic heterocycles. The van der Waals surface area contributed by atoms with Gasteiger partial charge in [0.05, 0.1) is 12.1 Å². The van der Waals surface area contributed by atoms with Gasteiger partial charge in [0.15, 0.2) is 5.82 Å². The van der Waals surface area contributed by atoms with E-state index >= 15 is 0 Å². The second kappa shape index (κ2) is 3.82. The van der Waals surface area contributed by atoms with Crippen molar-refractivity contribution in [2.75, 3.05) is 13.6 Å². The molecule has 2 atom stereocenters. The summed E-state index contributed by atoms with van der Waals surface area (Å²) in [6.45, 7) is 1.94. The van der Waals surface area contributed by atoms with Crippen LogP contribution in [0.4, 0.5) is 0 Å². The summed E-state index contributed by atoms with van der Waals surface area (Å²) >= 11 is 0. The van der Waals surface area contributed by atoms with Gasteiger partial charge < -0.3 is 5.11 Å². The van der Waals surface area contributed by atoms with Crippen LogP contribution in [0.1, 0.15) is 37.0 Å². The Morgan fingerprint density at radius 2 is 2.19 bits per heavy atom. The zero-order valence-corrected chi connectivity index (χ0v) is 9.63. The van der Waals surface area contributed by atoms with Gasteiger partial charge in [-0.1, -0.05) is 0 Å². The van der Waals surface area contributed by atoms with Crippen molar-refractivity contribution in [2.45, 2.75) is 44.4 Å². The summed E-state index contributed by atoms with van der Waals surface area (Å²) in [6.07, 6.45) is 3.61. The molecular weight excluding hydrogens is 204 g/mol. The van der Waals surface area contributed by atoms with Crippen LogP contribution in [-0.4, -0.2) is 44.5 Å². The van der Waals surface area contributed by atoms with Crippen LogP contribution in [0.2, 0.25) is 0 Å². The zero-order valence-electron chi connectivity index (χ0n) is 9.63. The predicted molar refractivity (Wildman–Crippen MR) is 59.0 cm³/mol. The van der Waals surface area contributed by atoms with E-state index in [1.807, 2.05) is 4.68 Å². The Hall–Kier alpha value is -0.940. The molecule has 88 valence electrons. The summed E-state index contributed by atoms with van der Waals surface area (Å²) in [4.78, 5) is 6.90. The van der Waals surface area contributed by atoms with E-state index in [4.69, 9.17) is 0 Å². The molecule has 0 aliphatic carbocycles. The minimum atomic E-state index is -0.231. The number of hydrogen-bond acceptors (Lipinski definition) is 4. The zero-order chi connectivity index (χ0) is 11.1. The second-order valence-corrected chi connectivity index (χ2v) is 4.89. The molecule has 0 radical (unpaired) electrons. The smallest absolute Gasteiger partial charge is 0.168 e. The van der Waals surface area contributed by atoms with Crippen LogP contribution in [0.3, 0.4) is 0 Å². The van der Waals surface area contributed by atoms with Gasteiger partial charge in [-0.05, 0) is 32.9 Å². The molecule has 3 heterocycles. The van der Waals surface area contributed by atoms with E-state index < -0.39 is 0 Å². The quantitative estimate of drug-likeness (QED) is 0.745. The van der Waals surface area contributed by atoms with Gasteiger partial charge >= 0.3 is 0 Å².